The minimum Gasteiger partial charge on any atom is -0.348 e. The van der Waals surface area contributed by atoms with Crippen molar-refractivity contribution in [3.63, 3.8) is 0 Å². The predicted octanol–water partition coefficient (Wildman–Crippen LogP) is 4.34. The van der Waals surface area contributed by atoms with Gasteiger partial charge in [-0.2, -0.15) is 0 Å². The number of nitrogens with one attached hydrogen (secondary N) is 2. The predicted molar refractivity (Wildman–Crippen MR) is 116 cm³/mol. The van der Waals surface area contributed by atoms with Crippen LogP contribution in [0, 0.1) is 20.8 Å². The number of carbonyl (C=O) groups is 1. The van der Waals surface area contributed by atoms with Gasteiger partial charge in [-0.15, -0.1) is 0 Å². The molecule has 0 radical (unpaired) electrons. The van der Waals surface area contributed by atoms with E-state index in [-0.39, 0.29) is 10.8 Å². The van der Waals surface area contributed by atoms with Gasteiger partial charge in [0.1, 0.15) is 0 Å². The van der Waals surface area contributed by atoms with Crippen molar-refractivity contribution in [2.24, 2.45) is 0 Å². The molecule has 150 valence electrons. The number of hydrogen-bond acceptors (Lipinski definition) is 3. The van der Waals surface area contributed by atoms with E-state index in [4.69, 9.17) is 0 Å². The summed E-state index contributed by atoms with van der Waals surface area (Å²) in [5.41, 5.74) is 4.76. The lowest BCUT2D eigenvalue weighted by Crippen LogP contribution is -2.23. The molecule has 0 spiro atoms. The number of rotatable bonds is 6. The van der Waals surface area contributed by atoms with Gasteiger partial charge in [-0.3, -0.25) is 9.52 Å². The van der Waals surface area contributed by atoms with Crippen LogP contribution in [0.5, 0.6) is 0 Å². The van der Waals surface area contributed by atoms with Crippen molar-refractivity contribution in [2.75, 3.05) is 4.72 Å². The molecule has 29 heavy (non-hydrogen) atoms. The van der Waals surface area contributed by atoms with E-state index < -0.39 is 10.0 Å². The van der Waals surface area contributed by atoms with E-state index in [0.717, 1.165) is 11.1 Å². The van der Waals surface area contributed by atoms with Crippen molar-refractivity contribution >= 4 is 21.6 Å². The van der Waals surface area contributed by atoms with E-state index in [0.29, 0.717) is 23.4 Å². The van der Waals surface area contributed by atoms with E-state index >= 15 is 0 Å². The van der Waals surface area contributed by atoms with E-state index in [2.05, 4.69) is 10.0 Å². The highest BCUT2D eigenvalue weighted by molar-refractivity contribution is 7.92. The molecule has 0 atom stereocenters. The first-order valence-electron chi connectivity index (χ1n) is 9.28. The smallest absolute Gasteiger partial charge is 0.261 e. The van der Waals surface area contributed by atoms with Gasteiger partial charge in [0.15, 0.2) is 0 Å². The normalized spacial score (nSPS) is 11.1. The van der Waals surface area contributed by atoms with Gasteiger partial charge in [0.25, 0.3) is 15.9 Å². The lowest BCUT2D eigenvalue weighted by atomic mass is 10.1. The highest BCUT2D eigenvalue weighted by atomic mass is 32.2. The Hall–Kier alpha value is -3.12. The van der Waals surface area contributed by atoms with Crippen LogP contribution in [0.4, 0.5) is 5.69 Å². The molecular weight excluding hydrogens is 384 g/mol. The standard InChI is InChI=1S/C23H24N2O3S/c1-16-4-8-19(9-5-16)15-24-23(26)20-10-13-22(18(3)14-20)25-29(27,28)21-11-6-17(2)7-12-21/h4-14,25H,15H2,1-3H3,(H,24,26). The molecule has 6 heteroatoms. The summed E-state index contributed by atoms with van der Waals surface area (Å²) in [6.07, 6.45) is 0. The molecule has 0 aliphatic carbocycles. The van der Waals surface area contributed by atoms with Gasteiger partial charge in [0.05, 0.1) is 10.6 Å². The Labute approximate surface area is 171 Å². The Bertz CT molecular complexity index is 1120. The van der Waals surface area contributed by atoms with Crippen LogP contribution in [0.2, 0.25) is 0 Å². The van der Waals surface area contributed by atoms with Crippen LogP contribution in [0.1, 0.15) is 32.6 Å². The van der Waals surface area contributed by atoms with Gasteiger partial charge < -0.3 is 5.32 Å². The minimum atomic E-state index is -3.69. The summed E-state index contributed by atoms with van der Waals surface area (Å²) in [6.45, 7) is 6.11. The van der Waals surface area contributed by atoms with Crippen molar-refractivity contribution in [3.8, 4) is 0 Å². The third-order valence-corrected chi connectivity index (χ3v) is 6.02. The van der Waals surface area contributed by atoms with Gasteiger partial charge in [-0.25, -0.2) is 8.42 Å². The Morgan fingerprint density at radius 2 is 1.41 bits per heavy atom. The van der Waals surface area contributed by atoms with Gasteiger partial charge in [0.2, 0.25) is 0 Å². The Kier molecular flexibility index (Phi) is 6.03. The molecular formula is C23H24N2O3S. The van der Waals surface area contributed by atoms with Crippen LogP contribution in [0.3, 0.4) is 0 Å². The molecule has 0 aliphatic heterocycles. The number of aryl methyl sites for hydroxylation is 3. The topological polar surface area (TPSA) is 75.3 Å². The Morgan fingerprint density at radius 1 is 0.828 bits per heavy atom. The molecule has 0 saturated carbocycles. The molecule has 0 saturated heterocycles. The monoisotopic (exact) mass is 408 g/mol. The van der Waals surface area contributed by atoms with Gasteiger partial charge in [-0.1, -0.05) is 47.5 Å². The molecule has 0 bridgehead atoms. The molecule has 3 aromatic rings. The fourth-order valence-corrected chi connectivity index (χ4v) is 3.96. The lowest BCUT2D eigenvalue weighted by Gasteiger charge is -2.12. The van der Waals surface area contributed by atoms with Crippen molar-refractivity contribution in [3.05, 3.63) is 94.5 Å². The van der Waals surface area contributed by atoms with Crippen LogP contribution < -0.4 is 10.0 Å². The molecule has 0 fully saturated rings. The van der Waals surface area contributed by atoms with Crippen LogP contribution in [0.25, 0.3) is 0 Å². The maximum atomic E-state index is 12.6. The molecule has 0 heterocycles. The maximum absolute atomic E-state index is 12.6. The summed E-state index contributed by atoms with van der Waals surface area (Å²) < 4.78 is 27.7. The van der Waals surface area contributed by atoms with E-state index in [9.17, 15) is 13.2 Å². The maximum Gasteiger partial charge on any atom is 0.261 e. The SMILES string of the molecule is Cc1ccc(CNC(=O)c2ccc(NS(=O)(=O)c3ccc(C)cc3)c(C)c2)cc1. The second-order valence-corrected chi connectivity index (χ2v) is 8.80. The average molecular weight is 409 g/mol. The summed E-state index contributed by atoms with van der Waals surface area (Å²) in [5, 5.41) is 2.88. The Morgan fingerprint density at radius 3 is 2.00 bits per heavy atom. The molecule has 0 aliphatic rings. The molecule has 3 rings (SSSR count). The minimum absolute atomic E-state index is 0.197. The third kappa shape index (κ3) is 5.23. The van der Waals surface area contributed by atoms with Crippen molar-refractivity contribution in [2.45, 2.75) is 32.2 Å². The van der Waals surface area contributed by atoms with Crippen molar-refractivity contribution in [1.29, 1.82) is 0 Å². The summed E-state index contributed by atoms with van der Waals surface area (Å²) in [5.74, 6) is -0.207. The Balaban J connectivity index is 1.70. The zero-order valence-electron chi connectivity index (χ0n) is 16.7. The quantitative estimate of drug-likeness (QED) is 0.637. The first kappa shape index (κ1) is 20.6. The molecule has 1 amide bonds. The van der Waals surface area contributed by atoms with Gasteiger partial charge in [-0.05, 0) is 62.2 Å². The highest BCUT2D eigenvalue weighted by Gasteiger charge is 2.16. The number of carbonyl (C=O) groups excluding carboxylic acids is 1. The summed E-state index contributed by atoms with van der Waals surface area (Å²) in [7, 11) is -3.69. The fourth-order valence-electron chi connectivity index (χ4n) is 2.83. The zero-order chi connectivity index (χ0) is 21.0. The van der Waals surface area contributed by atoms with Crippen LogP contribution >= 0.6 is 0 Å². The first-order chi connectivity index (χ1) is 13.7. The van der Waals surface area contributed by atoms with Gasteiger partial charge in [0, 0.05) is 12.1 Å². The molecule has 2 N–H and O–H groups in total. The third-order valence-electron chi connectivity index (χ3n) is 4.64. The largest absolute Gasteiger partial charge is 0.348 e. The van der Waals surface area contributed by atoms with E-state index in [1.807, 2.05) is 38.1 Å². The van der Waals surface area contributed by atoms with Gasteiger partial charge >= 0.3 is 0 Å². The van der Waals surface area contributed by atoms with E-state index in [1.54, 1.807) is 49.4 Å². The van der Waals surface area contributed by atoms with Crippen LogP contribution in [-0.4, -0.2) is 14.3 Å². The summed E-state index contributed by atoms with van der Waals surface area (Å²) in [6, 6.07) is 19.5. The number of amides is 1. The zero-order valence-corrected chi connectivity index (χ0v) is 17.5. The highest BCUT2D eigenvalue weighted by Crippen LogP contribution is 2.21. The van der Waals surface area contributed by atoms with E-state index in [1.165, 1.54) is 5.56 Å². The molecule has 0 unspecified atom stereocenters. The fraction of sp³-hybridized carbons (Fsp3) is 0.174. The number of sulfonamides is 1. The summed E-state index contributed by atoms with van der Waals surface area (Å²) >= 11 is 0. The second-order valence-electron chi connectivity index (χ2n) is 7.12. The molecule has 3 aromatic carbocycles. The first-order valence-corrected chi connectivity index (χ1v) is 10.8. The van der Waals surface area contributed by atoms with Crippen molar-refractivity contribution < 1.29 is 13.2 Å². The lowest BCUT2D eigenvalue weighted by molar-refractivity contribution is 0.0951. The molecule has 5 nitrogen and oxygen atoms in total. The number of anilines is 1. The summed E-state index contributed by atoms with van der Waals surface area (Å²) in [4.78, 5) is 12.6. The van der Waals surface area contributed by atoms with Crippen LogP contribution in [-0.2, 0) is 16.6 Å². The van der Waals surface area contributed by atoms with Crippen molar-refractivity contribution in [1.82, 2.24) is 5.32 Å². The average Bonchev–Trinajstić information content (AvgIpc) is 2.69. The second kappa shape index (κ2) is 8.49. The molecule has 0 aromatic heterocycles. The van der Waals surface area contributed by atoms with Crippen LogP contribution in [0.15, 0.2) is 71.6 Å². The number of hydrogen-bond donors (Lipinski definition) is 2. The number of benzene rings is 3.